The molecular formula is C27H22N2O5. The lowest BCUT2D eigenvalue weighted by molar-refractivity contribution is -0.123. The number of hydrogen-bond donors (Lipinski definition) is 1. The number of ether oxygens (including phenoxy) is 3. The molecule has 1 aromatic heterocycles. The molecule has 5 rings (SSSR count). The molecule has 2 aromatic carbocycles. The van der Waals surface area contributed by atoms with Crippen molar-refractivity contribution in [2.24, 2.45) is 0 Å². The molecule has 34 heavy (non-hydrogen) atoms. The summed E-state index contributed by atoms with van der Waals surface area (Å²) in [5.74, 6) is 2.77. The van der Waals surface area contributed by atoms with Crippen LogP contribution in [0.1, 0.15) is 40.0 Å². The highest BCUT2D eigenvalue weighted by Crippen LogP contribution is 2.38. The van der Waals surface area contributed by atoms with Crippen molar-refractivity contribution in [3.63, 3.8) is 0 Å². The van der Waals surface area contributed by atoms with Crippen LogP contribution < -0.4 is 14.8 Å². The standard InChI is InChI=1S/C27H22N2O5/c1-2-12-28-24(30)15-32-27(31)25-19-7-3-4-9-21(19)29-26-18(6-5-8-20(25)26)13-17-10-11-22-23(14-17)34-16-33-22/h1,3-4,7,9-11,13-14H,5-6,8,12,15-16H2,(H,28,30)/b18-13+. The van der Waals surface area contributed by atoms with Crippen LogP contribution in [0.3, 0.4) is 0 Å². The van der Waals surface area contributed by atoms with Gasteiger partial charge in [-0.1, -0.05) is 30.2 Å². The van der Waals surface area contributed by atoms with Crippen LogP contribution in [0.5, 0.6) is 11.5 Å². The Morgan fingerprint density at radius 3 is 2.88 bits per heavy atom. The summed E-state index contributed by atoms with van der Waals surface area (Å²) in [6, 6.07) is 13.3. The smallest absolute Gasteiger partial charge is 0.339 e. The Hall–Kier alpha value is -4.31. The first-order chi connectivity index (χ1) is 16.6. The first-order valence-corrected chi connectivity index (χ1v) is 11.0. The first kappa shape index (κ1) is 21.5. The number of amides is 1. The number of esters is 1. The van der Waals surface area contributed by atoms with Crippen molar-refractivity contribution < 1.29 is 23.8 Å². The third kappa shape index (κ3) is 4.18. The minimum Gasteiger partial charge on any atom is -0.454 e. The van der Waals surface area contributed by atoms with Crippen molar-refractivity contribution in [1.29, 1.82) is 0 Å². The van der Waals surface area contributed by atoms with Crippen LogP contribution in [0, 0.1) is 12.3 Å². The van der Waals surface area contributed by atoms with E-state index in [0.717, 1.165) is 41.0 Å². The van der Waals surface area contributed by atoms with Crippen molar-refractivity contribution >= 4 is 34.4 Å². The number of rotatable bonds is 5. The molecule has 170 valence electrons. The van der Waals surface area contributed by atoms with Crippen molar-refractivity contribution in [3.8, 4) is 23.8 Å². The lowest BCUT2D eigenvalue weighted by Crippen LogP contribution is -2.29. The van der Waals surface area contributed by atoms with Crippen molar-refractivity contribution in [3.05, 3.63) is 64.8 Å². The van der Waals surface area contributed by atoms with Gasteiger partial charge in [0, 0.05) is 5.39 Å². The van der Waals surface area contributed by atoms with Crippen LogP contribution >= 0.6 is 0 Å². The van der Waals surface area contributed by atoms with Gasteiger partial charge < -0.3 is 19.5 Å². The molecule has 0 fully saturated rings. The number of pyridine rings is 1. The molecule has 1 amide bonds. The average Bonchev–Trinajstić information content (AvgIpc) is 3.33. The van der Waals surface area contributed by atoms with E-state index in [9.17, 15) is 9.59 Å². The third-order valence-electron chi connectivity index (χ3n) is 5.83. The molecule has 2 aliphatic rings. The molecule has 0 saturated carbocycles. The second-order valence-electron chi connectivity index (χ2n) is 8.02. The molecular weight excluding hydrogens is 432 g/mol. The second-order valence-corrected chi connectivity index (χ2v) is 8.02. The molecule has 1 aliphatic carbocycles. The molecule has 7 nitrogen and oxygen atoms in total. The van der Waals surface area contributed by atoms with E-state index < -0.39 is 18.5 Å². The fraction of sp³-hybridized carbons (Fsp3) is 0.222. The Balaban J connectivity index is 1.53. The van der Waals surface area contributed by atoms with Crippen LogP contribution in [-0.2, 0) is 16.0 Å². The largest absolute Gasteiger partial charge is 0.454 e. The summed E-state index contributed by atoms with van der Waals surface area (Å²) in [6.45, 7) is -0.0955. The summed E-state index contributed by atoms with van der Waals surface area (Å²) in [7, 11) is 0. The van der Waals surface area contributed by atoms with Gasteiger partial charge in [-0.2, -0.15) is 0 Å². The molecule has 7 heteroatoms. The number of aromatic nitrogens is 1. The minimum absolute atomic E-state index is 0.0813. The fourth-order valence-electron chi connectivity index (χ4n) is 4.32. The molecule has 2 heterocycles. The number of carbonyl (C=O) groups excluding carboxylic acids is 2. The van der Waals surface area contributed by atoms with Gasteiger partial charge in [-0.15, -0.1) is 6.42 Å². The minimum atomic E-state index is -0.546. The van der Waals surface area contributed by atoms with E-state index in [1.54, 1.807) is 0 Å². The molecule has 0 bridgehead atoms. The van der Waals surface area contributed by atoms with Crippen molar-refractivity contribution in [2.45, 2.75) is 19.3 Å². The number of terminal acetylenes is 1. The summed E-state index contributed by atoms with van der Waals surface area (Å²) in [6.07, 6.45) is 9.62. The maximum Gasteiger partial charge on any atom is 0.339 e. The summed E-state index contributed by atoms with van der Waals surface area (Å²) >= 11 is 0. The summed E-state index contributed by atoms with van der Waals surface area (Å²) in [5.41, 5.74) is 4.78. The highest BCUT2D eigenvalue weighted by molar-refractivity contribution is 6.07. The second kappa shape index (κ2) is 9.28. The Kier molecular flexibility index (Phi) is 5.88. The van der Waals surface area contributed by atoms with Gasteiger partial charge in [0.25, 0.3) is 5.91 Å². The number of benzene rings is 2. The summed E-state index contributed by atoms with van der Waals surface area (Å²) in [4.78, 5) is 30.0. The van der Waals surface area contributed by atoms with E-state index in [2.05, 4.69) is 17.3 Å². The number of allylic oxidation sites excluding steroid dienone is 1. The number of hydrogen-bond acceptors (Lipinski definition) is 6. The molecule has 1 aliphatic heterocycles. The SMILES string of the molecule is C#CCNC(=O)COC(=O)c1c2c(nc3ccccc13)/C(=C/c1ccc3c(c1)OCO3)CCC2. The Labute approximate surface area is 196 Å². The predicted molar refractivity (Wildman–Crippen MR) is 127 cm³/mol. The van der Waals surface area contributed by atoms with E-state index in [0.29, 0.717) is 28.6 Å². The average molecular weight is 454 g/mol. The normalized spacial score (nSPS) is 15.0. The zero-order valence-corrected chi connectivity index (χ0v) is 18.4. The summed E-state index contributed by atoms with van der Waals surface area (Å²) in [5, 5.41) is 3.21. The van der Waals surface area contributed by atoms with Gasteiger partial charge in [-0.25, -0.2) is 9.78 Å². The number of fused-ring (bicyclic) bond motifs is 3. The highest BCUT2D eigenvalue weighted by Gasteiger charge is 2.26. The zero-order chi connectivity index (χ0) is 23.5. The van der Waals surface area contributed by atoms with Gasteiger partial charge in [0.1, 0.15) is 0 Å². The monoisotopic (exact) mass is 454 g/mol. The van der Waals surface area contributed by atoms with Crippen LogP contribution in [0.15, 0.2) is 42.5 Å². The van der Waals surface area contributed by atoms with E-state index >= 15 is 0 Å². The van der Waals surface area contributed by atoms with Gasteiger partial charge in [0.2, 0.25) is 6.79 Å². The van der Waals surface area contributed by atoms with Crippen LogP contribution in [0.2, 0.25) is 0 Å². The van der Waals surface area contributed by atoms with E-state index in [4.69, 9.17) is 25.6 Å². The Bertz CT molecular complexity index is 1370. The van der Waals surface area contributed by atoms with Gasteiger partial charge in [0.05, 0.1) is 23.3 Å². The molecule has 0 atom stereocenters. The molecule has 0 unspecified atom stereocenters. The number of nitrogens with one attached hydrogen (secondary N) is 1. The maximum absolute atomic E-state index is 13.2. The van der Waals surface area contributed by atoms with E-state index in [1.165, 1.54) is 0 Å². The molecule has 0 spiro atoms. The zero-order valence-electron chi connectivity index (χ0n) is 18.4. The number of para-hydroxylation sites is 1. The van der Waals surface area contributed by atoms with E-state index in [-0.39, 0.29) is 13.3 Å². The van der Waals surface area contributed by atoms with Crippen molar-refractivity contribution in [2.75, 3.05) is 19.9 Å². The topological polar surface area (TPSA) is 86.8 Å². The molecule has 1 N–H and O–H groups in total. The van der Waals surface area contributed by atoms with E-state index in [1.807, 2.05) is 42.5 Å². The molecule has 0 saturated heterocycles. The molecule has 3 aromatic rings. The fourth-order valence-corrected chi connectivity index (χ4v) is 4.32. The van der Waals surface area contributed by atoms with Gasteiger partial charge >= 0.3 is 5.97 Å². The van der Waals surface area contributed by atoms with Crippen LogP contribution in [0.25, 0.3) is 22.6 Å². The van der Waals surface area contributed by atoms with Gasteiger partial charge in [0.15, 0.2) is 18.1 Å². The number of nitrogens with zero attached hydrogens (tertiary/aromatic N) is 1. The summed E-state index contributed by atoms with van der Waals surface area (Å²) < 4.78 is 16.3. The highest BCUT2D eigenvalue weighted by atomic mass is 16.7. The van der Waals surface area contributed by atoms with Crippen LogP contribution in [0.4, 0.5) is 0 Å². The Morgan fingerprint density at radius 1 is 1.15 bits per heavy atom. The lowest BCUT2D eigenvalue weighted by Gasteiger charge is -2.22. The van der Waals surface area contributed by atoms with Crippen LogP contribution in [-0.4, -0.2) is 36.8 Å². The van der Waals surface area contributed by atoms with Crippen molar-refractivity contribution in [1.82, 2.24) is 10.3 Å². The third-order valence-corrected chi connectivity index (χ3v) is 5.83. The maximum atomic E-state index is 13.2. The van der Waals surface area contributed by atoms with Gasteiger partial charge in [-0.3, -0.25) is 4.79 Å². The lowest BCUT2D eigenvalue weighted by atomic mass is 9.86. The first-order valence-electron chi connectivity index (χ1n) is 11.0. The number of carbonyl (C=O) groups is 2. The molecule has 0 radical (unpaired) electrons. The quantitative estimate of drug-likeness (QED) is 0.467. The Morgan fingerprint density at radius 2 is 2.00 bits per heavy atom. The predicted octanol–water partition coefficient (Wildman–Crippen LogP) is 3.75. The van der Waals surface area contributed by atoms with Gasteiger partial charge in [-0.05, 0) is 60.2 Å².